The number of ether oxygens (including phenoxy) is 2. The normalized spacial score (nSPS) is 11.3. The van der Waals surface area contributed by atoms with Crippen LogP contribution in [0.15, 0.2) is 12.1 Å². The van der Waals surface area contributed by atoms with Gasteiger partial charge in [0.05, 0.1) is 16.7 Å². The average molecular weight is 410 g/mol. The first kappa shape index (κ1) is 22.1. The summed E-state index contributed by atoms with van der Waals surface area (Å²) in [6, 6.07) is 2.97. The van der Waals surface area contributed by atoms with Crippen LogP contribution in [0.3, 0.4) is 0 Å². The maximum atomic E-state index is 12.8. The summed E-state index contributed by atoms with van der Waals surface area (Å²) in [5.74, 6) is -1.39. The Morgan fingerprint density at radius 2 is 1.56 bits per heavy atom. The molecule has 4 nitrogen and oxygen atoms in total. The average Bonchev–Trinajstić information content (AvgIpc) is 2.60. The zero-order chi connectivity index (χ0) is 19.0. The van der Waals surface area contributed by atoms with Crippen LogP contribution in [-0.2, 0) is 14.3 Å². The van der Waals surface area contributed by atoms with Crippen LogP contribution in [0.4, 0.5) is 0 Å². The van der Waals surface area contributed by atoms with Crippen molar-refractivity contribution >= 4 is 46.7 Å². The van der Waals surface area contributed by atoms with Crippen LogP contribution in [0.1, 0.15) is 52.9 Å². The molecule has 0 aliphatic rings. The van der Waals surface area contributed by atoms with Crippen molar-refractivity contribution in [3.63, 3.8) is 0 Å². The van der Waals surface area contributed by atoms with E-state index in [4.69, 9.17) is 44.3 Å². The molecule has 0 heterocycles. The van der Waals surface area contributed by atoms with Crippen molar-refractivity contribution in [1.82, 2.24) is 0 Å². The molecule has 1 aromatic rings. The molecule has 1 rings (SSSR count). The summed E-state index contributed by atoms with van der Waals surface area (Å²) < 4.78 is 10.7. The third kappa shape index (κ3) is 5.25. The molecule has 0 radical (unpaired) electrons. The lowest BCUT2D eigenvalue weighted by atomic mass is 9.82. The third-order valence-electron chi connectivity index (χ3n) is 4.17. The molecule has 0 aromatic heterocycles. The number of hydrogen-bond acceptors (Lipinski definition) is 4. The number of carbonyl (C=O) groups is 2. The number of carbonyl (C=O) groups excluding carboxylic acids is 2. The second-order valence-corrected chi connectivity index (χ2v) is 6.89. The molecule has 0 fully saturated rings. The molecule has 0 saturated carbocycles. The first-order valence-electron chi connectivity index (χ1n) is 8.37. The number of rotatable bonds is 9. The van der Waals surface area contributed by atoms with Gasteiger partial charge < -0.3 is 9.47 Å². The summed E-state index contributed by atoms with van der Waals surface area (Å²) >= 11 is 18.0. The lowest BCUT2D eigenvalue weighted by Gasteiger charge is -2.27. The Bertz CT molecular complexity index is 613. The fourth-order valence-electron chi connectivity index (χ4n) is 2.36. The Labute approximate surface area is 163 Å². The lowest BCUT2D eigenvalue weighted by molar-refractivity contribution is -0.168. The summed E-state index contributed by atoms with van der Waals surface area (Å²) in [6.07, 6.45) is 3.21. The van der Waals surface area contributed by atoms with E-state index in [0.717, 1.165) is 19.3 Å². The van der Waals surface area contributed by atoms with Crippen molar-refractivity contribution in [2.24, 2.45) is 5.41 Å². The van der Waals surface area contributed by atoms with E-state index in [1.54, 1.807) is 13.8 Å². The topological polar surface area (TPSA) is 52.6 Å². The molecular weight excluding hydrogens is 387 g/mol. The predicted octanol–water partition coefficient (Wildman–Crippen LogP) is 6.09. The standard InChI is InChI=1S/C18H23Cl3O4/c1-4-7-8-11-24-16(22)18(5-2,6-3)17(23)25-15-13(20)10-9-12(19)14(15)21/h9-10H,4-8,11H2,1-3H3. The number of halogens is 3. The van der Waals surface area contributed by atoms with Gasteiger partial charge >= 0.3 is 11.9 Å². The summed E-state index contributed by atoms with van der Waals surface area (Å²) in [5.41, 5.74) is -1.40. The molecule has 25 heavy (non-hydrogen) atoms. The largest absolute Gasteiger partial charge is 0.465 e. The minimum Gasteiger partial charge on any atom is -0.465 e. The van der Waals surface area contributed by atoms with Crippen molar-refractivity contribution in [2.75, 3.05) is 6.61 Å². The summed E-state index contributed by atoms with van der Waals surface area (Å²) in [5, 5.41) is 0.370. The number of benzene rings is 1. The van der Waals surface area contributed by atoms with E-state index in [1.807, 2.05) is 0 Å². The van der Waals surface area contributed by atoms with E-state index in [1.165, 1.54) is 12.1 Å². The fourth-order valence-corrected chi connectivity index (χ4v) is 2.95. The van der Waals surface area contributed by atoms with Crippen LogP contribution in [0.25, 0.3) is 0 Å². The second kappa shape index (κ2) is 10.2. The molecule has 140 valence electrons. The second-order valence-electron chi connectivity index (χ2n) is 5.69. The number of esters is 2. The summed E-state index contributed by atoms with van der Waals surface area (Å²) in [4.78, 5) is 25.3. The van der Waals surface area contributed by atoms with Gasteiger partial charge in [0.2, 0.25) is 0 Å². The van der Waals surface area contributed by atoms with Crippen LogP contribution in [0, 0.1) is 5.41 Å². The molecule has 7 heteroatoms. The van der Waals surface area contributed by atoms with Crippen molar-refractivity contribution in [3.8, 4) is 5.75 Å². The van der Waals surface area contributed by atoms with Gasteiger partial charge in [-0.05, 0) is 31.4 Å². The van der Waals surface area contributed by atoms with Gasteiger partial charge in [-0.1, -0.05) is 68.4 Å². The third-order valence-corrected chi connectivity index (χ3v) is 5.25. The predicted molar refractivity (Wildman–Crippen MR) is 101 cm³/mol. The Kier molecular flexibility index (Phi) is 9.04. The molecule has 0 N–H and O–H groups in total. The highest BCUT2D eigenvalue weighted by Crippen LogP contribution is 2.40. The van der Waals surface area contributed by atoms with Crippen molar-refractivity contribution in [1.29, 1.82) is 0 Å². The number of hydrogen-bond donors (Lipinski definition) is 0. The highest BCUT2D eigenvalue weighted by molar-refractivity contribution is 6.44. The lowest BCUT2D eigenvalue weighted by Crippen LogP contribution is -2.42. The molecule has 0 amide bonds. The van der Waals surface area contributed by atoms with E-state index < -0.39 is 17.4 Å². The van der Waals surface area contributed by atoms with Crippen molar-refractivity contribution in [3.05, 3.63) is 27.2 Å². The molecule has 0 atom stereocenters. The van der Waals surface area contributed by atoms with Gasteiger partial charge in [-0.15, -0.1) is 0 Å². The molecule has 0 unspecified atom stereocenters. The monoisotopic (exact) mass is 408 g/mol. The highest BCUT2D eigenvalue weighted by atomic mass is 35.5. The highest BCUT2D eigenvalue weighted by Gasteiger charge is 2.46. The molecule has 0 spiro atoms. The Balaban J connectivity index is 3.00. The Morgan fingerprint density at radius 3 is 2.12 bits per heavy atom. The maximum absolute atomic E-state index is 12.8. The van der Waals surface area contributed by atoms with Gasteiger partial charge in [-0.25, -0.2) is 0 Å². The molecule has 0 aliphatic carbocycles. The number of unbranched alkanes of at least 4 members (excludes halogenated alkanes) is 2. The summed E-state index contributed by atoms with van der Waals surface area (Å²) in [6.45, 7) is 5.80. The van der Waals surface area contributed by atoms with Gasteiger partial charge in [-0.2, -0.15) is 0 Å². The molecule has 1 aromatic carbocycles. The van der Waals surface area contributed by atoms with Gasteiger partial charge in [-0.3, -0.25) is 9.59 Å². The first-order valence-corrected chi connectivity index (χ1v) is 9.50. The Hall–Kier alpha value is -0.970. The van der Waals surface area contributed by atoms with E-state index >= 15 is 0 Å². The minimum atomic E-state index is -1.40. The fraction of sp³-hybridized carbons (Fsp3) is 0.556. The van der Waals surface area contributed by atoms with Crippen LogP contribution in [-0.4, -0.2) is 18.5 Å². The zero-order valence-electron chi connectivity index (χ0n) is 14.7. The van der Waals surface area contributed by atoms with Crippen molar-refractivity contribution in [2.45, 2.75) is 52.9 Å². The zero-order valence-corrected chi connectivity index (χ0v) is 16.9. The Morgan fingerprint density at radius 1 is 0.960 bits per heavy atom. The van der Waals surface area contributed by atoms with Gasteiger partial charge in [0.15, 0.2) is 11.2 Å². The van der Waals surface area contributed by atoms with E-state index in [0.29, 0.717) is 0 Å². The van der Waals surface area contributed by atoms with Crippen LogP contribution >= 0.6 is 34.8 Å². The minimum absolute atomic E-state index is 0.0277. The molecule has 0 aliphatic heterocycles. The van der Waals surface area contributed by atoms with E-state index in [2.05, 4.69) is 6.92 Å². The van der Waals surface area contributed by atoms with Crippen LogP contribution in [0.2, 0.25) is 15.1 Å². The summed E-state index contributed by atoms with van der Waals surface area (Å²) in [7, 11) is 0. The SMILES string of the molecule is CCCCCOC(=O)C(CC)(CC)C(=O)Oc1c(Cl)ccc(Cl)c1Cl. The smallest absolute Gasteiger partial charge is 0.328 e. The van der Waals surface area contributed by atoms with E-state index in [-0.39, 0.29) is 40.3 Å². The van der Waals surface area contributed by atoms with Gasteiger partial charge in [0.1, 0.15) is 5.02 Å². The van der Waals surface area contributed by atoms with Crippen LogP contribution < -0.4 is 4.74 Å². The van der Waals surface area contributed by atoms with Gasteiger partial charge in [0.25, 0.3) is 0 Å². The molecular formula is C18H23Cl3O4. The van der Waals surface area contributed by atoms with Crippen molar-refractivity contribution < 1.29 is 19.1 Å². The molecule has 0 saturated heterocycles. The van der Waals surface area contributed by atoms with E-state index in [9.17, 15) is 9.59 Å². The van der Waals surface area contributed by atoms with Gasteiger partial charge in [0, 0.05) is 0 Å². The maximum Gasteiger partial charge on any atom is 0.328 e. The molecule has 0 bridgehead atoms. The van der Waals surface area contributed by atoms with Crippen LogP contribution in [0.5, 0.6) is 5.75 Å². The quantitative estimate of drug-likeness (QED) is 0.163. The first-order chi connectivity index (χ1) is 11.8.